The molecule has 0 aliphatic rings. The number of unbranched alkanes of at least 4 members (excludes halogenated alkanes) is 3. The molecule has 0 saturated heterocycles. The number of nitrogens with zero attached hydrogens (tertiary/aromatic N) is 2. The first-order valence-corrected chi connectivity index (χ1v) is 7.35. The van der Waals surface area contributed by atoms with Crippen molar-refractivity contribution in [1.82, 2.24) is 0 Å². The van der Waals surface area contributed by atoms with Crippen molar-refractivity contribution in [3.63, 3.8) is 0 Å². The first kappa shape index (κ1) is 14.0. The standard InChI is InChI=1S/C14H20N2S/c1-3-4-5-6-11-15-12-16-13-7-9-14(17-2)10-8-13/h7-10H,3-6,11H2,1-2H3. The Hall–Kier alpha value is -1.05. The topological polar surface area (TPSA) is 24.7 Å². The third kappa shape index (κ3) is 6.30. The number of benzene rings is 1. The van der Waals surface area contributed by atoms with Crippen molar-refractivity contribution in [3.8, 4) is 0 Å². The molecule has 1 aromatic carbocycles. The van der Waals surface area contributed by atoms with Crippen LogP contribution in [0.25, 0.3) is 0 Å². The molecule has 1 aromatic rings. The van der Waals surface area contributed by atoms with Crippen LogP contribution in [-0.2, 0) is 0 Å². The van der Waals surface area contributed by atoms with E-state index in [2.05, 4.69) is 41.3 Å². The van der Waals surface area contributed by atoms with Crippen LogP contribution in [0.4, 0.5) is 5.69 Å². The summed E-state index contributed by atoms with van der Waals surface area (Å²) in [5.41, 5.74) is 0.917. The minimum atomic E-state index is 0.840. The number of rotatable bonds is 7. The highest BCUT2D eigenvalue weighted by atomic mass is 32.2. The summed E-state index contributed by atoms with van der Waals surface area (Å²) < 4.78 is 0. The van der Waals surface area contributed by atoms with Gasteiger partial charge in [-0.25, -0.2) is 4.99 Å². The molecule has 17 heavy (non-hydrogen) atoms. The van der Waals surface area contributed by atoms with Crippen molar-refractivity contribution in [3.05, 3.63) is 24.3 Å². The lowest BCUT2D eigenvalue weighted by Gasteiger charge is -1.94. The van der Waals surface area contributed by atoms with Gasteiger partial charge in [0.2, 0.25) is 0 Å². The van der Waals surface area contributed by atoms with Crippen LogP contribution in [0.3, 0.4) is 0 Å². The Kier molecular flexibility index (Phi) is 7.44. The smallest absolute Gasteiger partial charge is 0.0948 e. The molecule has 3 heteroatoms. The normalized spacial score (nSPS) is 9.76. The van der Waals surface area contributed by atoms with E-state index in [4.69, 9.17) is 0 Å². The van der Waals surface area contributed by atoms with E-state index >= 15 is 0 Å². The van der Waals surface area contributed by atoms with Gasteiger partial charge in [0.1, 0.15) is 0 Å². The van der Waals surface area contributed by atoms with Gasteiger partial charge in [-0.2, -0.15) is 4.99 Å². The molecule has 92 valence electrons. The molecule has 0 N–H and O–H groups in total. The predicted octanol–water partition coefficient (Wildman–Crippen LogP) is 4.79. The SMILES string of the molecule is CCCCCCN=C=Nc1ccc(SC)cc1. The molecule has 2 nitrogen and oxygen atoms in total. The molecule has 0 unspecified atom stereocenters. The Bertz CT molecular complexity index is 364. The summed E-state index contributed by atoms with van der Waals surface area (Å²) in [6, 6.07) is 10.9. The third-order valence-electron chi connectivity index (χ3n) is 2.45. The summed E-state index contributed by atoms with van der Waals surface area (Å²) in [6.45, 7) is 3.05. The van der Waals surface area contributed by atoms with Crippen LogP contribution in [0.15, 0.2) is 39.1 Å². The van der Waals surface area contributed by atoms with Crippen molar-refractivity contribution in [2.75, 3.05) is 12.8 Å². The van der Waals surface area contributed by atoms with Gasteiger partial charge in [-0.1, -0.05) is 26.2 Å². The molecule has 0 aromatic heterocycles. The maximum atomic E-state index is 4.17. The average Bonchev–Trinajstić information content (AvgIpc) is 2.38. The van der Waals surface area contributed by atoms with E-state index < -0.39 is 0 Å². The monoisotopic (exact) mass is 248 g/mol. The van der Waals surface area contributed by atoms with Gasteiger partial charge >= 0.3 is 0 Å². The molecule has 0 amide bonds. The average molecular weight is 248 g/mol. The van der Waals surface area contributed by atoms with Gasteiger partial charge in [-0.15, -0.1) is 11.8 Å². The molecule has 0 aliphatic heterocycles. The van der Waals surface area contributed by atoms with Crippen molar-refractivity contribution < 1.29 is 0 Å². The van der Waals surface area contributed by atoms with E-state index in [0.717, 1.165) is 18.7 Å². The summed E-state index contributed by atoms with van der Waals surface area (Å²) in [5.74, 6) is 0. The molecule has 0 heterocycles. The van der Waals surface area contributed by atoms with E-state index in [1.807, 2.05) is 12.1 Å². The van der Waals surface area contributed by atoms with Gasteiger partial charge in [-0.05, 0) is 36.9 Å². The van der Waals surface area contributed by atoms with E-state index in [1.54, 1.807) is 11.8 Å². The second kappa shape index (κ2) is 9.03. The lowest BCUT2D eigenvalue weighted by atomic mass is 10.2. The van der Waals surface area contributed by atoms with Crippen LogP contribution in [0.5, 0.6) is 0 Å². The Morgan fingerprint density at radius 2 is 1.88 bits per heavy atom. The molecule has 1 rings (SSSR count). The van der Waals surface area contributed by atoms with Crippen LogP contribution in [-0.4, -0.2) is 18.8 Å². The van der Waals surface area contributed by atoms with Gasteiger partial charge < -0.3 is 0 Å². The number of thioether (sulfide) groups is 1. The van der Waals surface area contributed by atoms with E-state index in [1.165, 1.54) is 24.2 Å². The highest BCUT2D eigenvalue weighted by Crippen LogP contribution is 2.18. The molecule has 0 saturated carbocycles. The van der Waals surface area contributed by atoms with Gasteiger partial charge in [-0.3, -0.25) is 0 Å². The van der Waals surface area contributed by atoms with Crippen LogP contribution in [0.1, 0.15) is 32.6 Å². The molecule has 0 atom stereocenters. The maximum absolute atomic E-state index is 4.17. The number of aliphatic imine (C=N–C) groups is 2. The Morgan fingerprint density at radius 3 is 2.53 bits per heavy atom. The highest BCUT2D eigenvalue weighted by Gasteiger charge is 1.89. The number of hydrogen-bond acceptors (Lipinski definition) is 3. The molecule has 0 aliphatic carbocycles. The predicted molar refractivity (Wildman–Crippen MR) is 76.8 cm³/mol. The van der Waals surface area contributed by atoms with E-state index in [9.17, 15) is 0 Å². The second-order valence-electron chi connectivity index (χ2n) is 3.85. The first-order chi connectivity index (χ1) is 8.36. The lowest BCUT2D eigenvalue weighted by Crippen LogP contribution is -1.80. The third-order valence-corrected chi connectivity index (χ3v) is 3.19. The molecular formula is C14H20N2S. The van der Waals surface area contributed by atoms with Crippen molar-refractivity contribution in [2.45, 2.75) is 37.5 Å². The van der Waals surface area contributed by atoms with Crippen molar-refractivity contribution in [2.24, 2.45) is 9.98 Å². The highest BCUT2D eigenvalue weighted by molar-refractivity contribution is 7.98. The Balaban J connectivity index is 2.33. The fourth-order valence-corrected chi connectivity index (χ4v) is 1.83. The molecule has 0 radical (unpaired) electrons. The van der Waals surface area contributed by atoms with Gasteiger partial charge in [0.15, 0.2) is 0 Å². The Labute approximate surface area is 108 Å². The summed E-state index contributed by atoms with van der Waals surface area (Å²) in [6.07, 6.45) is 7.02. The van der Waals surface area contributed by atoms with E-state index in [-0.39, 0.29) is 0 Å². The molecular weight excluding hydrogens is 228 g/mol. The van der Waals surface area contributed by atoms with Crippen molar-refractivity contribution in [1.29, 1.82) is 0 Å². The molecule has 0 spiro atoms. The fraction of sp³-hybridized carbons (Fsp3) is 0.500. The van der Waals surface area contributed by atoms with Gasteiger partial charge in [0.25, 0.3) is 0 Å². The van der Waals surface area contributed by atoms with Crippen LogP contribution >= 0.6 is 11.8 Å². The summed E-state index contributed by atoms with van der Waals surface area (Å²) in [4.78, 5) is 9.58. The summed E-state index contributed by atoms with van der Waals surface area (Å²) >= 11 is 1.73. The lowest BCUT2D eigenvalue weighted by molar-refractivity contribution is 0.676. The Morgan fingerprint density at radius 1 is 1.12 bits per heavy atom. The minimum Gasteiger partial charge on any atom is -0.225 e. The van der Waals surface area contributed by atoms with Crippen LogP contribution < -0.4 is 0 Å². The largest absolute Gasteiger partial charge is 0.225 e. The fourth-order valence-electron chi connectivity index (χ4n) is 1.42. The molecule has 0 bridgehead atoms. The van der Waals surface area contributed by atoms with E-state index in [0.29, 0.717) is 0 Å². The first-order valence-electron chi connectivity index (χ1n) is 6.13. The second-order valence-corrected chi connectivity index (χ2v) is 4.73. The van der Waals surface area contributed by atoms with Crippen molar-refractivity contribution >= 4 is 23.5 Å². The number of hydrogen-bond donors (Lipinski definition) is 0. The van der Waals surface area contributed by atoms with Gasteiger partial charge in [0, 0.05) is 11.4 Å². The molecule has 0 fully saturated rings. The minimum absolute atomic E-state index is 0.840. The van der Waals surface area contributed by atoms with Crippen LogP contribution in [0.2, 0.25) is 0 Å². The zero-order valence-corrected chi connectivity index (χ0v) is 11.5. The maximum Gasteiger partial charge on any atom is 0.0948 e. The summed E-state index contributed by atoms with van der Waals surface area (Å²) in [7, 11) is 0. The van der Waals surface area contributed by atoms with Gasteiger partial charge in [0.05, 0.1) is 11.7 Å². The quantitative estimate of drug-likeness (QED) is 0.386. The summed E-state index contributed by atoms with van der Waals surface area (Å²) in [5, 5.41) is 0. The zero-order chi connectivity index (χ0) is 12.3. The van der Waals surface area contributed by atoms with Crippen LogP contribution in [0, 0.1) is 0 Å². The zero-order valence-electron chi connectivity index (χ0n) is 10.6.